The number of benzene rings is 2. The van der Waals surface area contributed by atoms with Crippen LogP contribution < -0.4 is 20.8 Å². The fourth-order valence-electron chi connectivity index (χ4n) is 3.88. The molecule has 2 heterocycles. The standard InChI is InChI=1S/C26H27NO6/c1-4-30-25(28)22-20(16-9-11-17(12-10-16)31-14-13-15(2)3)21-23(33-24(22)27)18-7-5-6-8-19(18)32-26(21)29/h5-12,15,20H,4,13-14,27H2,1-3H3. The van der Waals surface area contributed by atoms with E-state index in [9.17, 15) is 9.59 Å². The Hall–Kier alpha value is -3.74. The van der Waals surface area contributed by atoms with Crippen molar-refractivity contribution in [2.24, 2.45) is 11.7 Å². The Morgan fingerprint density at radius 2 is 1.85 bits per heavy atom. The Labute approximate surface area is 191 Å². The van der Waals surface area contributed by atoms with Crippen LogP contribution in [0.2, 0.25) is 0 Å². The van der Waals surface area contributed by atoms with Gasteiger partial charge in [-0.2, -0.15) is 0 Å². The summed E-state index contributed by atoms with van der Waals surface area (Å²) in [5.41, 5.74) is 6.94. The monoisotopic (exact) mass is 449 g/mol. The summed E-state index contributed by atoms with van der Waals surface area (Å²) < 4.78 is 22.4. The molecule has 0 saturated carbocycles. The van der Waals surface area contributed by atoms with E-state index in [0.717, 1.165) is 6.42 Å². The number of rotatable bonds is 7. The van der Waals surface area contributed by atoms with Crippen LogP contribution in [0.5, 0.6) is 11.5 Å². The van der Waals surface area contributed by atoms with Gasteiger partial charge in [-0.3, -0.25) is 0 Å². The third-order valence-electron chi connectivity index (χ3n) is 5.53. The van der Waals surface area contributed by atoms with Crippen molar-refractivity contribution in [3.63, 3.8) is 0 Å². The molecule has 1 atom stereocenters. The van der Waals surface area contributed by atoms with Gasteiger partial charge in [0.2, 0.25) is 5.88 Å². The van der Waals surface area contributed by atoms with Crippen molar-refractivity contribution in [3.8, 4) is 11.5 Å². The number of para-hydroxylation sites is 1. The predicted octanol–water partition coefficient (Wildman–Crippen LogP) is 4.48. The number of esters is 1. The molecule has 4 rings (SSSR count). The first-order valence-corrected chi connectivity index (χ1v) is 11.0. The van der Waals surface area contributed by atoms with Crippen LogP contribution in [0.25, 0.3) is 11.0 Å². The van der Waals surface area contributed by atoms with Gasteiger partial charge in [-0.25, -0.2) is 9.59 Å². The van der Waals surface area contributed by atoms with Crippen LogP contribution in [-0.4, -0.2) is 19.2 Å². The average molecular weight is 450 g/mol. The lowest BCUT2D eigenvalue weighted by molar-refractivity contribution is -0.139. The highest BCUT2D eigenvalue weighted by Crippen LogP contribution is 2.44. The normalized spacial score (nSPS) is 15.3. The third-order valence-corrected chi connectivity index (χ3v) is 5.53. The summed E-state index contributed by atoms with van der Waals surface area (Å²) in [5, 5.41) is 0.594. The van der Waals surface area contributed by atoms with Crippen LogP contribution in [0.15, 0.2) is 69.2 Å². The van der Waals surface area contributed by atoms with E-state index in [0.29, 0.717) is 34.8 Å². The minimum absolute atomic E-state index is 0.0698. The molecule has 0 bridgehead atoms. The van der Waals surface area contributed by atoms with Crippen molar-refractivity contribution >= 4 is 16.9 Å². The van der Waals surface area contributed by atoms with Gasteiger partial charge in [0.1, 0.15) is 16.9 Å². The zero-order chi connectivity index (χ0) is 23.5. The molecule has 0 aliphatic carbocycles. The molecule has 7 nitrogen and oxygen atoms in total. The van der Waals surface area contributed by atoms with Crippen LogP contribution in [0.1, 0.15) is 44.2 Å². The smallest absolute Gasteiger partial charge is 0.344 e. The number of hydrogen-bond donors (Lipinski definition) is 1. The first-order valence-electron chi connectivity index (χ1n) is 11.0. The molecule has 1 unspecified atom stereocenters. The van der Waals surface area contributed by atoms with E-state index < -0.39 is 17.5 Å². The zero-order valence-corrected chi connectivity index (χ0v) is 18.9. The van der Waals surface area contributed by atoms with Gasteiger partial charge in [0.15, 0.2) is 5.75 Å². The number of nitrogens with two attached hydrogens (primary N) is 1. The highest BCUT2D eigenvalue weighted by molar-refractivity contribution is 5.94. The second kappa shape index (κ2) is 9.40. The fraction of sp³-hybridized carbons (Fsp3) is 0.308. The van der Waals surface area contributed by atoms with Gasteiger partial charge in [-0.05, 0) is 49.1 Å². The van der Waals surface area contributed by atoms with Gasteiger partial charge in [-0.1, -0.05) is 38.1 Å². The van der Waals surface area contributed by atoms with E-state index in [1.54, 1.807) is 25.1 Å². The van der Waals surface area contributed by atoms with E-state index in [-0.39, 0.29) is 29.4 Å². The van der Waals surface area contributed by atoms with Crippen molar-refractivity contribution in [2.75, 3.05) is 13.2 Å². The Balaban J connectivity index is 1.82. The Kier molecular flexibility index (Phi) is 6.40. The van der Waals surface area contributed by atoms with Crippen LogP contribution in [0.4, 0.5) is 0 Å². The van der Waals surface area contributed by atoms with Crippen molar-refractivity contribution in [3.05, 3.63) is 81.5 Å². The maximum absolute atomic E-state index is 13.1. The molecule has 1 aliphatic rings. The van der Waals surface area contributed by atoms with Gasteiger partial charge in [-0.15, -0.1) is 0 Å². The summed E-state index contributed by atoms with van der Waals surface area (Å²) in [4.78, 5) is 25.9. The lowest BCUT2D eigenvalue weighted by Crippen LogP contribution is -2.31. The molecule has 0 fully saturated rings. The summed E-state index contributed by atoms with van der Waals surface area (Å²) in [6.45, 7) is 6.74. The average Bonchev–Trinajstić information content (AvgIpc) is 2.78. The first-order chi connectivity index (χ1) is 15.9. The van der Waals surface area contributed by atoms with Gasteiger partial charge in [0, 0.05) is 0 Å². The lowest BCUT2D eigenvalue weighted by atomic mass is 9.83. The molecule has 0 saturated heterocycles. The maximum Gasteiger partial charge on any atom is 0.344 e. The minimum Gasteiger partial charge on any atom is -0.494 e. The molecule has 7 heteroatoms. The zero-order valence-electron chi connectivity index (χ0n) is 18.9. The Morgan fingerprint density at radius 3 is 2.55 bits per heavy atom. The van der Waals surface area contributed by atoms with Gasteiger partial charge >= 0.3 is 11.6 Å². The van der Waals surface area contributed by atoms with E-state index in [2.05, 4.69) is 13.8 Å². The molecular weight excluding hydrogens is 422 g/mol. The SMILES string of the molecule is CCOC(=O)C1=C(N)Oc2c(c(=O)oc3ccccc23)C1c1ccc(OCCC(C)C)cc1. The van der Waals surface area contributed by atoms with Crippen LogP contribution in [-0.2, 0) is 9.53 Å². The summed E-state index contributed by atoms with van der Waals surface area (Å²) >= 11 is 0. The fourth-order valence-corrected chi connectivity index (χ4v) is 3.88. The molecule has 2 N–H and O–H groups in total. The largest absolute Gasteiger partial charge is 0.494 e. The van der Waals surface area contributed by atoms with Crippen LogP contribution in [0, 0.1) is 5.92 Å². The minimum atomic E-state index is -0.807. The van der Waals surface area contributed by atoms with E-state index in [4.69, 9.17) is 24.4 Å². The second-order valence-corrected chi connectivity index (χ2v) is 8.26. The number of fused-ring (bicyclic) bond motifs is 3. The molecule has 172 valence electrons. The lowest BCUT2D eigenvalue weighted by Gasteiger charge is -2.28. The van der Waals surface area contributed by atoms with Gasteiger partial charge in [0.25, 0.3) is 0 Å². The highest BCUT2D eigenvalue weighted by Gasteiger charge is 2.39. The first kappa shape index (κ1) is 22.5. The number of hydrogen-bond acceptors (Lipinski definition) is 7. The van der Waals surface area contributed by atoms with Crippen molar-refractivity contribution in [1.82, 2.24) is 0 Å². The summed E-state index contributed by atoms with van der Waals surface area (Å²) in [5.74, 6) is -0.0216. The number of carbonyl (C=O) groups is 1. The quantitative estimate of drug-likeness (QED) is 0.419. The second-order valence-electron chi connectivity index (χ2n) is 8.26. The number of ether oxygens (including phenoxy) is 3. The number of carbonyl (C=O) groups excluding carboxylic acids is 1. The van der Waals surface area contributed by atoms with Gasteiger partial charge < -0.3 is 24.4 Å². The van der Waals surface area contributed by atoms with E-state index in [1.807, 2.05) is 30.3 Å². The molecule has 33 heavy (non-hydrogen) atoms. The summed E-state index contributed by atoms with van der Waals surface area (Å²) in [6, 6.07) is 14.3. The maximum atomic E-state index is 13.1. The molecule has 0 amide bonds. The van der Waals surface area contributed by atoms with Crippen molar-refractivity contribution in [2.45, 2.75) is 33.1 Å². The van der Waals surface area contributed by atoms with Crippen molar-refractivity contribution in [1.29, 1.82) is 0 Å². The molecule has 2 aromatic carbocycles. The molecule has 1 aromatic heterocycles. The predicted molar refractivity (Wildman–Crippen MR) is 124 cm³/mol. The molecule has 0 radical (unpaired) electrons. The Bertz CT molecular complexity index is 1260. The molecule has 1 aliphatic heterocycles. The Morgan fingerprint density at radius 1 is 1.12 bits per heavy atom. The van der Waals surface area contributed by atoms with E-state index in [1.165, 1.54) is 0 Å². The van der Waals surface area contributed by atoms with Crippen LogP contribution >= 0.6 is 0 Å². The molecular formula is C26H27NO6. The third kappa shape index (κ3) is 4.44. The van der Waals surface area contributed by atoms with Crippen LogP contribution in [0.3, 0.4) is 0 Å². The topological polar surface area (TPSA) is 101 Å². The summed E-state index contributed by atoms with van der Waals surface area (Å²) in [6.07, 6.45) is 0.940. The molecule has 0 spiro atoms. The van der Waals surface area contributed by atoms with Crippen molar-refractivity contribution < 1.29 is 23.4 Å². The van der Waals surface area contributed by atoms with E-state index >= 15 is 0 Å². The molecule has 3 aromatic rings. The van der Waals surface area contributed by atoms with Gasteiger partial charge in [0.05, 0.1) is 30.1 Å². The highest BCUT2D eigenvalue weighted by atomic mass is 16.5. The summed E-state index contributed by atoms with van der Waals surface area (Å²) in [7, 11) is 0.